The predicted molar refractivity (Wildman–Crippen MR) is 84.7 cm³/mol. The van der Waals surface area contributed by atoms with E-state index in [0.717, 1.165) is 27.6 Å². The van der Waals surface area contributed by atoms with E-state index in [-0.39, 0.29) is 6.03 Å². The number of carbonyl (C=O) groups is 1. The van der Waals surface area contributed by atoms with Gasteiger partial charge in [0.05, 0.1) is 17.9 Å². The molecule has 0 saturated carbocycles. The average molecular weight is 305 g/mol. The smallest absolute Gasteiger partial charge is 0.321 e. The van der Waals surface area contributed by atoms with Crippen molar-refractivity contribution < 1.29 is 9.32 Å². The van der Waals surface area contributed by atoms with E-state index >= 15 is 0 Å². The minimum Gasteiger partial charge on any atom is -0.361 e. The average Bonchev–Trinajstić information content (AvgIpc) is 2.79. The first-order chi connectivity index (χ1) is 10.0. The standard InChI is InChI=1S/C15H19N3O2S/c1-10-12(11(2)20-17-10)9-18(3)15(19)16-13-7-5-6-8-14(13)21-4/h5-8H,9H2,1-4H3,(H,16,19). The van der Waals surface area contributed by atoms with Crippen molar-refractivity contribution in [3.63, 3.8) is 0 Å². The van der Waals surface area contributed by atoms with E-state index in [1.807, 2.05) is 44.4 Å². The molecule has 2 aromatic rings. The number of anilines is 1. The van der Waals surface area contributed by atoms with E-state index in [4.69, 9.17) is 4.52 Å². The fourth-order valence-corrected chi connectivity index (χ4v) is 2.55. The maximum Gasteiger partial charge on any atom is 0.321 e. The molecule has 0 atom stereocenters. The number of amides is 2. The van der Waals surface area contributed by atoms with E-state index < -0.39 is 0 Å². The van der Waals surface area contributed by atoms with E-state index in [1.165, 1.54) is 0 Å². The Morgan fingerprint density at radius 3 is 2.71 bits per heavy atom. The molecule has 21 heavy (non-hydrogen) atoms. The molecule has 2 rings (SSSR count). The molecule has 6 heteroatoms. The molecule has 1 aromatic carbocycles. The SMILES string of the molecule is CSc1ccccc1NC(=O)N(C)Cc1c(C)noc1C. The van der Waals surface area contributed by atoms with Gasteiger partial charge >= 0.3 is 6.03 Å². The third-order valence-electron chi connectivity index (χ3n) is 3.27. The van der Waals surface area contributed by atoms with Crippen molar-refractivity contribution in [1.82, 2.24) is 10.1 Å². The van der Waals surface area contributed by atoms with Crippen LogP contribution >= 0.6 is 11.8 Å². The third kappa shape index (κ3) is 3.58. The van der Waals surface area contributed by atoms with Gasteiger partial charge in [-0.1, -0.05) is 17.3 Å². The molecule has 1 heterocycles. The van der Waals surface area contributed by atoms with Gasteiger partial charge in [-0.3, -0.25) is 0 Å². The zero-order chi connectivity index (χ0) is 15.4. The zero-order valence-corrected chi connectivity index (χ0v) is 13.5. The van der Waals surface area contributed by atoms with Crippen LogP contribution in [0.4, 0.5) is 10.5 Å². The first-order valence-electron chi connectivity index (χ1n) is 6.59. The van der Waals surface area contributed by atoms with Crippen molar-refractivity contribution in [3.8, 4) is 0 Å². The van der Waals surface area contributed by atoms with Crippen LogP contribution in [0.15, 0.2) is 33.7 Å². The summed E-state index contributed by atoms with van der Waals surface area (Å²) in [4.78, 5) is 14.9. The van der Waals surface area contributed by atoms with Crippen LogP contribution in [0, 0.1) is 13.8 Å². The second kappa shape index (κ2) is 6.67. The maximum absolute atomic E-state index is 12.3. The number of hydrogen-bond acceptors (Lipinski definition) is 4. The van der Waals surface area contributed by atoms with Crippen molar-refractivity contribution in [3.05, 3.63) is 41.3 Å². The number of nitrogens with zero attached hydrogens (tertiary/aromatic N) is 2. The van der Waals surface area contributed by atoms with Crippen molar-refractivity contribution in [2.24, 2.45) is 0 Å². The highest BCUT2D eigenvalue weighted by molar-refractivity contribution is 7.98. The molecule has 1 N–H and O–H groups in total. The summed E-state index contributed by atoms with van der Waals surface area (Å²) < 4.78 is 5.12. The molecule has 0 radical (unpaired) electrons. The van der Waals surface area contributed by atoms with E-state index in [2.05, 4.69) is 10.5 Å². The van der Waals surface area contributed by atoms with Gasteiger partial charge in [0, 0.05) is 17.5 Å². The number of thioether (sulfide) groups is 1. The number of rotatable bonds is 4. The molecule has 1 aromatic heterocycles. The first kappa shape index (κ1) is 15.4. The lowest BCUT2D eigenvalue weighted by atomic mass is 10.2. The van der Waals surface area contributed by atoms with Crippen LogP contribution in [0.5, 0.6) is 0 Å². The van der Waals surface area contributed by atoms with Gasteiger partial charge in [0.25, 0.3) is 0 Å². The minimum atomic E-state index is -0.156. The molecule has 5 nitrogen and oxygen atoms in total. The van der Waals surface area contributed by atoms with Crippen LogP contribution in [0.25, 0.3) is 0 Å². The van der Waals surface area contributed by atoms with E-state index in [1.54, 1.807) is 23.7 Å². The van der Waals surface area contributed by atoms with E-state index in [0.29, 0.717) is 6.54 Å². The highest BCUT2D eigenvalue weighted by Gasteiger charge is 2.16. The van der Waals surface area contributed by atoms with Crippen molar-refractivity contribution in [1.29, 1.82) is 0 Å². The topological polar surface area (TPSA) is 58.4 Å². The van der Waals surface area contributed by atoms with Crippen LogP contribution in [-0.2, 0) is 6.54 Å². The Morgan fingerprint density at radius 2 is 2.10 bits per heavy atom. The summed E-state index contributed by atoms with van der Waals surface area (Å²) in [7, 11) is 1.75. The largest absolute Gasteiger partial charge is 0.361 e. The van der Waals surface area contributed by atoms with Crippen LogP contribution < -0.4 is 5.32 Å². The van der Waals surface area contributed by atoms with Crippen molar-refractivity contribution in [2.75, 3.05) is 18.6 Å². The van der Waals surface area contributed by atoms with Gasteiger partial charge in [0.2, 0.25) is 0 Å². The van der Waals surface area contributed by atoms with Gasteiger partial charge in [-0.05, 0) is 32.2 Å². The third-order valence-corrected chi connectivity index (χ3v) is 4.07. The fraction of sp³-hybridized carbons (Fsp3) is 0.333. The Labute approximate surface area is 128 Å². The van der Waals surface area contributed by atoms with Gasteiger partial charge in [-0.25, -0.2) is 4.79 Å². The lowest BCUT2D eigenvalue weighted by Crippen LogP contribution is -2.31. The molecule has 0 saturated heterocycles. The normalized spacial score (nSPS) is 10.5. The molecular formula is C15H19N3O2S. The van der Waals surface area contributed by atoms with Crippen LogP contribution in [0.1, 0.15) is 17.0 Å². The van der Waals surface area contributed by atoms with E-state index in [9.17, 15) is 4.79 Å². The zero-order valence-electron chi connectivity index (χ0n) is 12.6. The molecule has 0 aliphatic rings. The number of aryl methyl sites for hydroxylation is 2. The first-order valence-corrected chi connectivity index (χ1v) is 7.82. The Morgan fingerprint density at radius 1 is 1.38 bits per heavy atom. The number of benzene rings is 1. The molecular weight excluding hydrogens is 286 g/mol. The molecule has 0 aliphatic heterocycles. The van der Waals surface area contributed by atoms with Gasteiger partial charge in [0.1, 0.15) is 5.76 Å². The number of carbonyl (C=O) groups excluding carboxylic acids is 1. The minimum absolute atomic E-state index is 0.156. The Bertz CT molecular complexity index is 620. The summed E-state index contributed by atoms with van der Waals surface area (Å²) in [5.74, 6) is 0.747. The Kier molecular flexibility index (Phi) is 4.90. The summed E-state index contributed by atoms with van der Waals surface area (Å²) in [6, 6.07) is 7.58. The lowest BCUT2D eigenvalue weighted by molar-refractivity contribution is 0.220. The van der Waals surface area contributed by atoms with Crippen molar-refractivity contribution >= 4 is 23.5 Å². The van der Waals surface area contributed by atoms with Gasteiger partial charge < -0.3 is 14.7 Å². The number of nitrogens with one attached hydrogen (secondary N) is 1. The highest BCUT2D eigenvalue weighted by atomic mass is 32.2. The summed E-state index contributed by atoms with van der Waals surface area (Å²) in [5.41, 5.74) is 2.59. The molecule has 0 aliphatic carbocycles. The molecule has 112 valence electrons. The van der Waals surface area contributed by atoms with Gasteiger partial charge in [-0.2, -0.15) is 0 Å². The number of urea groups is 1. The second-order valence-electron chi connectivity index (χ2n) is 4.79. The summed E-state index contributed by atoms with van der Waals surface area (Å²) in [6.07, 6.45) is 1.98. The van der Waals surface area contributed by atoms with Crippen LogP contribution in [0.2, 0.25) is 0 Å². The molecule has 0 fully saturated rings. The molecule has 0 spiro atoms. The highest BCUT2D eigenvalue weighted by Crippen LogP contribution is 2.25. The summed E-state index contributed by atoms with van der Waals surface area (Å²) in [5, 5.41) is 6.83. The van der Waals surface area contributed by atoms with Crippen LogP contribution in [-0.4, -0.2) is 29.4 Å². The predicted octanol–water partition coefficient (Wildman–Crippen LogP) is 3.68. The van der Waals surface area contributed by atoms with Gasteiger partial charge in [-0.15, -0.1) is 11.8 Å². The molecule has 0 bridgehead atoms. The number of para-hydroxylation sites is 1. The molecule has 0 unspecified atom stereocenters. The second-order valence-corrected chi connectivity index (χ2v) is 5.64. The summed E-state index contributed by atoms with van der Waals surface area (Å²) >= 11 is 1.60. The fourth-order valence-electron chi connectivity index (χ4n) is 2.00. The Hall–Kier alpha value is -1.95. The maximum atomic E-state index is 12.3. The lowest BCUT2D eigenvalue weighted by Gasteiger charge is -2.18. The van der Waals surface area contributed by atoms with Crippen LogP contribution in [0.3, 0.4) is 0 Å². The Balaban J connectivity index is 2.06. The summed E-state index contributed by atoms with van der Waals surface area (Å²) in [6.45, 7) is 4.19. The van der Waals surface area contributed by atoms with Gasteiger partial charge in [0.15, 0.2) is 0 Å². The monoisotopic (exact) mass is 305 g/mol. The molecule has 2 amide bonds. The number of hydrogen-bond donors (Lipinski definition) is 1. The quantitative estimate of drug-likeness (QED) is 0.875. The number of aromatic nitrogens is 1. The van der Waals surface area contributed by atoms with Crippen molar-refractivity contribution in [2.45, 2.75) is 25.3 Å².